The van der Waals surface area contributed by atoms with Crippen LogP contribution >= 0.6 is 0 Å². The van der Waals surface area contributed by atoms with Gasteiger partial charge in [0.1, 0.15) is 23.6 Å². The molecule has 2 aromatic carbocycles. The van der Waals surface area contributed by atoms with Crippen LogP contribution in [0.3, 0.4) is 0 Å². The standard InChI is InChI=1S/C30H34F2N4O9S2/c1-40-25-7-8-33-21(28(25)41-2)19-46(37)30-34-27-23(17-20(45-29(31)32)18-26(27)47(38)39)36(30)22-5-3-4-6-24(22)44-16-15-43-14-11-35-9-12-42-13-10-35/h3-8,17-18,29H,9-16,19H2,1-2H3,(H,38,39)/p-1. The lowest BCUT2D eigenvalue weighted by Crippen LogP contribution is -2.38. The Labute approximate surface area is 274 Å². The molecule has 0 spiro atoms. The second-order valence-corrected chi connectivity index (χ2v) is 12.3. The first-order valence-corrected chi connectivity index (χ1v) is 16.8. The van der Waals surface area contributed by atoms with Crippen LogP contribution in [0, 0.1) is 0 Å². The highest BCUT2D eigenvalue weighted by Gasteiger charge is 2.26. The van der Waals surface area contributed by atoms with Gasteiger partial charge in [-0.05, 0) is 29.3 Å². The normalized spacial score (nSPS) is 15.1. The van der Waals surface area contributed by atoms with E-state index in [-0.39, 0.29) is 46.6 Å². The van der Waals surface area contributed by atoms with Gasteiger partial charge in [-0.1, -0.05) is 12.1 Å². The molecule has 0 N–H and O–H groups in total. The van der Waals surface area contributed by atoms with E-state index in [0.29, 0.717) is 37.0 Å². The molecule has 0 amide bonds. The molecule has 2 unspecified atom stereocenters. The first-order valence-electron chi connectivity index (χ1n) is 14.5. The van der Waals surface area contributed by atoms with Crippen LogP contribution in [-0.2, 0) is 37.1 Å². The number of halogens is 2. The van der Waals surface area contributed by atoms with Crippen molar-refractivity contribution >= 4 is 32.9 Å². The molecule has 2 aromatic heterocycles. The molecule has 1 aliphatic rings. The smallest absolute Gasteiger partial charge is 0.387 e. The average molecular weight is 696 g/mol. The topological polar surface area (TPSA) is 147 Å². The third-order valence-corrected chi connectivity index (χ3v) is 9.04. The summed E-state index contributed by atoms with van der Waals surface area (Å²) in [5.74, 6) is 0.321. The largest absolute Gasteiger partial charge is 0.768 e. The summed E-state index contributed by atoms with van der Waals surface area (Å²) in [4.78, 5) is 10.6. The fraction of sp³-hybridized carbons (Fsp3) is 0.400. The zero-order chi connectivity index (χ0) is 33.3. The highest BCUT2D eigenvalue weighted by atomic mass is 32.2. The van der Waals surface area contributed by atoms with Crippen molar-refractivity contribution in [3.05, 3.63) is 54.4 Å². The van der Waals surface area contributed by atoms with E-state index in [1.165, 1.54) is 31.0 Å². The maximum absolute atomic E-state index is 14.1. The lowest BCUT2D eigenvalue weighted by molar-refractivity contribution is -0.0499. The number of pyridine rings is 1. The van der Waals surface area contributed by atoms with E-state index in [1.54, 1.807) is 30.3 Å². The van der Waals surface area contributed by atoms with Gasteiger partial charge < -0.3 is 33.0 Å². The number of rotatable bonds is 16. The van der Waals surface area contributed by atoms with Crippen molar-refractivity contribution in [3.63, 3.8) is 0 Å². The molecule has 13 nitrogen and oxygen atoms in total. The van der Waals surface area contributed by atoms with Crippen molar-refractivity contribution in [3.8, 4) is 28.7 Å². The quantitative estimate of drug-likeness (QED) is 0.125. The van der Waals surface area contributed by atoms with Gasteiger partial charge in [0.05, 0.1) is 79.0 Å². The van der Waals surface area contributed by atoms with Gasteiger partial charge in [0.25, 0.3) is 0 Å². The number of imidazole rings is 1. The summed E-state index contributed by atoms with van der Waals surface area (Å²) >= 11 is -2.91. The van der Waals surface area contributed by atoms with Crippen molar-refractivity contribution in [2.24, 2.45) is 0 Å². The molecular weight excluding hydrogens is 662 g/mol. The van der Waals surface area contributed by atoms with E-state index in [4.69, 9.17) is 23.7 Å². The van der Waals surface area contributed by atoms with E-state index in [1.807, 2.05) is 0 Å². The molecule has 5 rings (SSSR count). The number of hydrogen-bond donors (Lipinski definition) is 0. The summed E-state index contributed by atoms with van der Waals surface area (Å²) in [6.07, 6.45) is 1.47. The molecule has 2 atom stereocenters. The monoisotopic (exact) mass is 695 g/mol. The zero-order valence-electron chi connectivity index (χ0n) is 25.6. The third-order valence-electron chi connectivity index (χ3n) is 7.16. The molecule has 0 aliphatic carbocycles. The van der Waals surface area contributed by atoms with E-state index < -0.39 is 39.1 Å². The predicted octanol–water partition coefficient (Wildman–Crippen LogP) is 3.31. The molecule has 47 heavy (non-hydrogen) atoms. The number of nitrogens with zero attached hydrogens (tertiary/aromatic N) is 4. The number of benzene rings is 2. The first kappa shape index (κ1) is 34.6. The Morgan fingerprint density at radius 2 is 1.81 bits per heavy atom. The first-order chi connectivity index (χ1) is 22.8. The van der Waals surface area contributed by atoms with Crippen LogP contribution in [-0.4, -0.2) is 106 Å². The molecule has 17 heteroatoms. The number of para-hydroxylation sites is 2. The van der Waals surface area contributed by atoms with Gasteiger partial charge in [0, 0.05) is 38.0 Å². The van der Waals surface area contributed by atoms with Crippen LogP contribution in [0.25, 0.3) is 16.7 Å². The van der Waals surface area contributed by atoms with Crippen LogP contribution in [0.15, 0.2) is 58.7 Å². The summed E-state index contributed by atoms with van der Waals surface area (Å²) in [5, 5.41) is -0.0922. The summed E-state index contributed by atoms with van der Waals surface area (Å²) < 4.78 is 99.1. The van der Waals surface area contributed by atoms with E-state index >= 15 is 0 Å². The van der Waals surface area contributed by atoms with Crippen molar-refractivity contribution < 1.29 is 50.2 Å². The van der Waals surface area contributed by atoms with Gasteiger partial charge in [0.2, 0.25) is 5.16 Å². The average Bonchev–Trinajstić information content (AvgIpc) is 3.45. The van der Waals surface area contributed by atoms with Crippen molar-refractivity contribution in [2.45, 2.75) is 22.4 Å². The van der Waals surface area contributed by atoms with Crippen LogP contribution in [0.1, 0.15) is 5.69 Å². The van der Waals surface area contributed by atoms with Gasteiger partial charge in [-0.3, -0.25) is 22.9 Å². The van der Waals surface area contributed by atoms with Crippen LogP contribution in [0.4, 0.5) is 8.78 Å². The fourth-order valence-corrected chi connectivity index (χ4v) is 6.72. The van der Waals surface area contributed by atoms with Crippen LogP contribution in [0.2, 0.25) is 0 Å². The Bertz CT molecular complexity index is 1720. The Morgan fingerprint density at radius 1 is 1.02 bits per heavy atom. The second kappa shape index (κ2) is 16.4. The summed E-state index contributed by atoms with van der Waals surface area (Å²) in [6, 6.07) is 10.5. The molecule has 1 fully saturated rings. The minimum atomic E-state index is -3.23. The predicted molar refractivity (Wildman–Crippen MR) is 166 cm³/mol. The number of aromatic nitrogens is 3. The van der Waals surface area contributed by atoms with Gasteiger partial charge in [-0.2, -0.15) is 8.78 Å². The molecule has 3 heterocycles. The third kappa shape index (κ3) is 8.41. The number of ether oxygens (including phenoxy) is 6. The van der Waals surface area contributed by atoms with Crippen LogP contribution < -0.4 is 18.9 Å². The highest BCUT2D eigenvalue weighted by molar-refractivity contribution is 7.84. The number of alkyl halides is 2. The van der Waals surface area contributed by atoms with Crippen LogP contribution in [0.5, 0.6) is 23.0 Å². The van der Waals surface area contributed by atoms with E-state index in [2.05, 4.69) is 19.6 Å². The molecule has 0 bridgehead atoms. The Morgan fingerprint density at radius 3 is 2.53 bits per heavy atom. The van der Waals surface area contributed by atoms with Crippen molar-refractivity contribution in [1.82, 2.24) is 19.4 Å². The van der Waals surface area contributed by atoms with Gasteiger partial charge in [-0.15, -0.1) is 0 Å². The SMILES string of the molecule is COc1ccnc(CS(=O)c2nc3c(S(=O)[O-])cc(OC(F)F)cc3n2-c2ccccc2OCCOCCN2CCOCC2)c1OC. The Balaban J connectivity index is 1.51. The van der Waals surface area contributed by atoms with Gasteiger partial charge in [0.15, 0.2) is 11.5 Å². The Hall–Kier alpha value is -3.74. The minimum Gasteiger partial charge on any atom is -0.768 e. The summed E-state index contributed by atoms with van der Waals surface area (Å²) in [6.45, 7) is 1.56. The number of fused-ring (bicyclic) bond motifs is 1. The molecular formula is C30H33F2N4O9S2-. The van der Waals surface area contributed by atoms with E-state index in [9.17, 15) is 21.8 Å². The summed E-state index contributed by atoms with van der Waals surface area (Å²) in [7, 11) is 0.879. The van der Waals surface area contributed by atoms with Gasteiger partial charge in [-0.25, -0.2) is 4.98 Å². The lowest BCUT2D eigenvalue weighted by Gasteiger charge is -2.26. The zero-order valence-corrected chi connectivity index (χ0v) is 27.2. The number of methoxy groups -OCH3 is 2. The molecule has 1 aliphatic heterocycles. The molecule has 4 aromatic rings. The summed E-state index contributed by atoms with van der Waals surface area (Å²) in [5.41, 5.74) is 0.565. The second-order valence-electron chi connectivity index (χ2n) is 10.00. The molecule has 0 saturated carbocycles. The van der Waals surface area contributed by atoms with Crippen molar-refractivity contribution in [1.29, 1.82) is 0 Å². The lowest BCUT2D eigenvalue weighted by atomic mass is 10.2. The number of morpholine rings is 1. The molecule has 1 saturated heterocycles. The molecule has 0 radical (unpaired) electrons. The fourth-order valence-electron chi connectivity index (χ4n) is 5.02. The maximum atomic E-state index is 14.1. The van der Waals surface area contributed by atoms with Gasteiger partial charge >= 0.3 is 6.61 Å². The van der Waals surface area contributed by atoms with Crippen molar-refractivity contribution in [2.75, 3.05) is 66.9 Å². The Kier molecular flexibility index (Phi) is 12.1. The maximum Gasteiger partial charge on any atom is 0.387 e. The van der Waals surface area contributed by atoms with E-state index in [0.717, 1.165) is 25.7 Å². The minimum absolute atomic E-state index is 0.0501. The number of hydrogen-bond acceptors (Lipinski definition) is 12. The molecule has 254 valence electrons. The highest BCUT2D eigenvalue weighted by Crippen LogP contribution is 2.36.